The molecule has 1 spiro atoms. The predicted octanol–water partition coefficient (Wildman–Crippen LogP) is 3.09. The third-order valence-corrected chi connectivity index (χ3v) is 5.41. The number of rotatable bonds is 1. The number of hydrogen-bond acceptors (Lipinski definition) is 4. The van der Waals surface area contributed by atoms with Gasteiger partial charge in [-0.05, 0) is 32.4 Å². The summed E-state index contributed by atoms with van der Waals surface area (Å²) in [6.07, 6.45) is 2.05. The van der Waals surface area contributed by atoms with Crippen LogP contribution in [0.15, 0.2) is 6.07 Å². The second-order valence-corrected chi connectivity index (χ2v) is 6.86. The number of nitrogens with one attached hydrogen (secondary N) is 1. The van der Waals surface area contributed by atoms with E-state index in [9.17, 15) is 0 Å². The zero-order valence-corrected chi connectivity index (χ0v) is 12.2. The smallest absolute Gasteiger partial charge is 0.107 e. The van der Waals surface area contributed by atoms with Crippen molar-refractivity contribution in [2.24, 2.45) is 0 Å². The minimum atomic E-state index is -0.146. The van der Waals surface area contributed by atoms with E-state index < -0.39 is 0 Å². The van der Waals surface area contributed by atoms with Gasteiger partial charge < -0.3 is 14.8 Å². The van der Waals surface area contributed by atoms with Crippen molar-refractivity contribution in [2.45, 2.75) is 37.5 Å². The van der Waals surface area contributed by atoms with Gasteiger partial charge in [-0.15, -0.1) is 11.3 Å². The van der Waals surface area contributed by atoms with Crippen molar-refractivity contribution in [1.82, 2.24) is 5.32 Å². The Kier molecular flexibility index (Phi) is 3.41. The summed E-state index contributed by atoms with van der Waals surface area (Å²) in [6.45, 7) is 3.83. The Bertz CT molecular complexity index is 450. The molecule has 3 rings (SSSR count). The molecule has 0 saturated carbocycles. The van der Waals surface area contributed by atoms with E-state index in [1.807, 2.05) is 6.07 Å². The maximum atomic E-state index is 6.21. The minimum absolute atomic E-state index is 0.0274. The number of fused-ring (bicyclic) bond motifs is 2. The van der Waals surface area contributed by atoms with E-state index >= 15 is 0 Å². The summed E-state index contributed by atoms with van der Waals surface area (Å²) in [6, 6.07) is 2.53. The fraction of sp³-hybridized carbons (Fsp3) is 0.692. The zero-order chi connectivity index (χ0) is 12.8. The van der Waals surface area contributed by atoms with Crippen molar-refractivity contribution in [3.63, 3.8) is 0 Å². The van der Waals surface area contributed by atoms with Gasteiger partial charge in [-0.2, -0.15) is 0 Å². The molecule has 5 heteroatoms. The molecule has 1 aromatic heterocycles. The van der Waals surface area contributed by atoms with E-state index in [1.54, 1.807) is 18.4 Å². The highest BCUT2D eigenvalue weighted by molar-refractivity contribution is 7.16. The predicted molar refractivity (Wildman–Crippen MR) is 73.4 cm³/mol. The molecular formula is C13H18ClNO2S. The first-order chi connectivity index (χ1) is 8.64. The first-order valence-corrected chi connectivity index (χ1v) is 7.54. The van der Waals surface area contributed by atoms with Crippen LogP contribution < -0.4 is 5.32 Å². The Morgan fingerprint density at radius 1 is 1.61 bits per heavy atom. The monoisotopic (exact) mass is 287 g/mol. The lowest BCUT2D eigenvalue weighted by Crippen LogP contribution is -2.48. The van der Waals surface area contributed by atoms with Crippen molar-refractivity contribution in [1.29, 1.82) is 0 Å². The molecule has 0 aliphatic carbocycles. The van der Waals surface area contributed by atoms with Gasteiger partial charge in [-0.25, -0.2) is 0 Å². The molecule has 2 aliphatic rings. The van der Waals surface area contributed by atoms with Gasteiger partial charge in [0.15, 0.2) is 0 Å². The molecule has 3 nitrogen and oxygen atoms in total. The molecule has 1 N–H and O–H groups in total. The van der Waals surface area contributed by atoms with Gasteiger partial charge in [0.25, 0.3) is 0 Å². The summed E-state index contributed by atoms with van der Waals surface area (Å²) in [5, 5.41) is 3.48. The maximum Gasteiger partial charge on any atom is 0.107 e. The Morgan fingerprint density at radius 2 is 2.44 bits per heavy atom. The highest BCUT2D eigenvalue weighted by atomic mass is 35.5. The first kappa shape index (κ1) is 12.9. The Morgan fingerprint density at radius 3 is 3.17 bits per heavy atom. The first-order valence-electron chi connectivity index (χ1n) is 6.34. The fourth-order valence-electron chi connectivity index (χ4n) is 3.08. The van der Waals surface area contributed by atoms with Crippen LogP contribution in [-0.2, 0) is 15.1 Å². The van der Waals surface area contributed by atoms with Gasteiger partial charge in [0.05, 0.1) is 10.9 Å². The molecule has 0 bridgehead atoms. The molecule has 0 aromatic carbocycles. The van der Waals surface area contributed by atoms with Crippen LogP contribution in [0.1, 0.15) is 36.3 Å². The Hall–Kier alpha value is -0.130. The lowest BCUT2D eigenvalue weighted by molar-refractivity contribution is -0.128. The summed E-state index contributed by atoms with van der Waals surface area (Å²) in [4.78, 5) is 1.28. The molecule has 18 heavy (non-hydrogen) atoms. The molecule has 1 fully saturated rings. The summed E-state index contributed by atoms with van der Waals surface area (Å²) >= 11 is 7.85. The summed E-state index contributed by atoms with van der Waals surface area (Å²) in [5.41, 5.74) is 1.08. The van der Waals surface area contributed by atoms with E-state index in [4.69, 9.17) is 21.1 Å². The number of methoxy groups -OCH3 is 1. The largest absolute Gasteiger partial charge is 0.374 e. The Labute approximate surface area is 116 Å². The molecule has 1 saturated heterocycles. The van der Waals surface area contributed by atoms with E-state index in [-0.39, 0.29) is 11.7 Å². The molecule has 3 heterocycles. The van der Waals surface area contributed by atoms with Crippen molar-refractivity contribution in [3.8, 4) is 0 Å². The van der Waals surface area contributed by atoms with Crippen LogP contribution in [0.5, 0.6) is 0 Å². The SMILES string of the molecule is COC1COC2(CCNC(C)C2)c2sc(Cl)cc21. The number of thiophene rings is 1. The van der Waals surface area contributed by atoms with Gasteiger partial charge >= 0.3 is 0 Å². The van der Waals surface area contributed by atoms with Crippen LogP contribution in [0.2, 0.25) is 4.34 Å². The summed E-state index contributed by atoms with van der Waals surface area (Å²) in [5.74, 6) is 0. The summed E-state index contributed by atoms with van der Waals surface area (Å²) < 4.78 is 12.5. The van der Waals surface area contributed by atoms with E-state index in [0.29, 0.717) is 12.6 Å². The van der Waals surface area contributed by atoms with Crippen LogP contribution in [0, 0.1) is 0 Å². The maximum absolute atomic E-state index is 6.21. The van der Waals surface area contributed by atoms with Crippen molar-refractivity contribution in [3.05, 3.63) is 20.8 Å². The lowest BCUT2D eigenvalue weighted by atomic mass is 9.82. The van der Waals surface area contributed by atoms with Crippen LogP contribution >= 0.6 is 22.9 Å². The topological polar surface area (TPSA) is 30.5 Å². The molecule has 3 unspecified atom stereocenters. The van der Waals surface area contributed by atoms with Crippen LogP contribution in [0.4, 0.5) is 0 Å². The summed E-state index contributed by atoms with van der Waals surface area (Å²) in [7, 11) is 1.73. The van der Waals surface area contributed by atoms with Crippen LogP contribution in [0.25, 0.3) is 0 Å². The van der Waals surface area contributed by atoms with E-state index in [1.165, 1.54) is 10.4 Å². The molecule has 1 aromatic rings. The van der Waals surface area contributed by atoms with Gasteiger partial charge in [0, 0.05) is 23.6 Å². The highest BCUT2D eigenvalue weighted by Crippen LogP contribution is 2.49. The zero-order valence-electron chi connectivity index (χ0n) is 10.7. The molecule has 3 atom stereocenters. The van der Waals surface area contributed by atoms with Gasteiger partial charge in [-0.1, -0.05) is 11.6 Å². The van der Waals surface area contributed by atoms with Gasteiger partial charge in [-0.3, -0.25) is 0 Å². The minimum Gasteiger partial charge on any atom is -0.374 e. The number of piperidine rings is 1. The van der Waals surface area contributed by atoms with Gasteiger partial charge in [0.1, 0.15) is 11.7 Å². The second-order valence-electron chi connectivity index (χ2n) is 5.17. The van der Waals surface area contributed by atoms with E-state index in [2.05, 4.69) is 12.2 Å². The average molecular weight is 288 g/mol. The molecule has 0 radical (unpaired) electrons. The number of halogens is 1. The quantitative estimate of drug-likeness (QED) is 0.861. The third-order valence-electron chi connectivity index (χ3n) is 3.94. The second kappa shape index (κ2) is 4.76. The number of hydrogen-bond donors (Lipinski definition) is 1. The standard InChI is InChI=1S/C13H18ClNO2S/c1-8-6-13(3-4-15-8)12-9(5-11(14)18-12)10(16-2)7-17-13/h5,8,10,15H,3-4,6-7H2,1-2H3. The van der Waals surface area contributed by atoms with Crippen molar-refractivity contribution >= 4 is 22.9 Å². The van der Waals surface area contributed by atoms with E-state index in [0.717, 1.165) is 23.7 Å². The molecule has 0 amide bonds. The third kappa shape index (κ3) is 2.00. The lowest BCUT2D eigenvalue weighted by Gasteiger charge is -2.44. The number of ether oxygens (including phenoxy) is 2. The highest BCUT2D eigenvalue weighted by Gasteiger charge is 2.45. The van der Waals surface area contributed by atoms with Crippen molar-refractivity contribution in [2.75, 3.05) is 20.3 Å². The molecule has 2 aliphatic heterocycles. The molecular weight excluding hydrogens is 270 g/mol. The fourth-order valence-corrected chi connectivity index (χ4v) is 4.55. The van der Waals surface area contributed by atoms with Crippen LogP contribution in [0.3, 0.4) is 0 Å². The normalized spacial score (nSPS) is 35.7. The molecule has 100 valence electrons. The van der Waals surface area contributed by atoms with Crippen molar-refractivity contribution < 1.29 is 9.47 Å². The Balaban J connectivity index is 2.02. The van der Waals surface area contributed by atoms with Crippen LogP contribution in [-0.4, -0.2) is 26.3 Å². The van der Waals surface area contributed by atoms with Gasteiger partial charge in [0.2, 0.25) is 0 Å². The average Bonchev–Trinajstić information content (AvgIpc) is 2.73.